The highest BCUT2D eigenvalue weighted by Crippen LogP contribution is 2.48. The fourth-order valence-corrected chi connectivity index (χ4v) is 6.97. The molecule has 2 aliphatic carbocycles. The number of nitrogens with zero attached hydrogens (tertiary/aromatic N) is 1. The van der Waals surface area contributed by atoms with Crippen LogP contribution < -0.4 is 4.72 Å². The van der Waals surface area contributed by atoms with E-state index in [1.54, 1.807) is 0 Å². The van der Waals surface area contributed by atoms with Crippen LogP contribution in [0, 0.1) is 5.41 Å². The van der Waals surface area contributed by atoms with Crippen LogP contribution in [0.15, 0.2) is 0 Å². The summed E-state index contributed by atoms with van der Waals surface area (Å²) in [5, 5.41) is -0.331. The average Bonchev–Trinajstić information content (AvgIpc) is 2.84. The van der Waals surface area contributed by atoms with Crippen molar-refractivity contribution in [2.45, 2.75) is 49.8 Å². The monoisotopic (exact) mass is 350 g/mol. The van der Waals surface area contributed by atoms with Crippen LogP contribution in [0.2, 0.25) is 0 Å². The highest BCUT2D eigenvalue weighted by atomic mass is 32.2. The summed E-state index contributed by atoms with van der Waals surface area (Å²) in [5.74, 6) is 0.230. The summed E-state index contributed by atoms with van der Waals surface area (Å²) in [7, 11) is -6.18. The van der Waals surface area contributed by atoms with Gasteiger partial charge in [-0.25, -0.2) is 21.6 Å². The van der Waals surface area contributed by atoms with E-state index in [9.17, 15) is 16.8 Å². The third kappa shape index (κ3) is 4.01. The Hall–Kier alpha value is -0.180. The average molecular weight is 351 g/mol. The summed E-state index contributed by atoms with van der Waals surface area (Å²) in [5.41, 5.74) is -0.110. The van der Waals surface area contributed by atoms with Crippen LogP contribution in [0.5, 0.6) is 0 Å². The molecule has 1 heterocycles. The van der Waals surface area contributed by atoms with Crippen molar-refractivity contribution in [2.75, 3.05) is 31.6 Å². The fourth-order valence-electron chi connectivity index (χ4n) is 3.78. The largest absolute Gasteiger partial charge is 0.300 e. The summed E-state index contributed by atoms with van der Waals surface area (Å²) >= 11 is 0. The first-order chi connectivity index (χ1) is 10.2. The van der Waals surface area contributed by atoms with Crippen molar-refractivity contribution in [3.05, 3.63) is 0 Å². The fraction of sp³-hybridized carbons (Fsp3) is 1.00. The zero-order chi connectivity index (χ0) is 16.0. The molecule has 0 spiro atoms. The third-order valence-electron chi connectivity index (χ3n) is 5.13. The molecule has 0 aromatic carbocycles. The lowest BCUT2D eigenvalue weighted by Gasteiger charge is -2.41. The van der Waals surface area contributed by atoms with E-state index in [1.807, 2.05) is 0 Å². The first-order valence-corrected chi connectivity index (χ1v) is 11.7. The van der Waals surface area contributed by atoms with Crippen molar-refractivity contribution in [1.29, 1.82) is 0 Å². The molecule has 0 aromatic heterocycles. The minimum atomic E-state index is -3.22. The van der Waals surface area contributed by atoms with Crippen molar-refractivity contribution >= 4 is 19.9 Å². The van der Waals surface area contributed by atoms with Crippen LogP contribution in [0.3, 0.4) is 0 Å². The van der Waals surface area contributed by atoms with E-state index < -0.39 is 19.9 Å². The molecular weight excluding hydrogens is 324 g/mol. The van der Waals surface area contributed by atoms with Crippen molar-refractivity contribution < 1.29 is 16.8 Å². The lowest BCUT2D eigenvalue weighted by molar-refractivity contribution is 0.153. The van der Waals surface area contributed by atoms with Gasteiger partial charge in [-0.2, -0.15) is 0 Å². The standard InChI is InChI=1S/C14H26N2O4S2/c1-21(17,18)11-14(6-7-14)10-16-8-13(9-16)22(19,20)15-12-4-2-3-5-12/h12-13,15H,2-11H2,1H3. The van der Waals surface area contributed by atoms with Gasteiger partial charge in [0.2, 0.25) is 10.0 Å². The number of sulfone groups is 1. The Kier molecular flexibility index (Phi) is 4.33. The van der Waals surface area contributed by atoms with Gasteiger partial charge in [0.25, 0.3) is 0 Å². The molecule has 0 aromatic rings. The van der Waals surface area contributed by atoms with Gasteiger partial charge in [-0.15, -0.1) is 0 Å². The van der Waals surface area contributed by atoms with Crippen LogP contribution in [-0.2, 0) is 19.9 Å². The molecule has 6 nitrogen and oxygen atoms in total. The zero-order valence-electron chi connectivity index (χ0n) is 13.1. The van der Waals surface area contributed by atoms with Crippen LogP contribution in [-0.4, -0.2) is 64.7 Å². The van der Waals surface area contributed by atoms with E-state index in [0.717, 1.165) is 45.1 Å². The number of nitrogens with one attached hydrogen (secondary N) is 1. The summed E-state index contributed by atoms with van der Waals surface area (Å²) in [6.45, 7) is 1.79. The molecular formula is C14H26N2O4S2. The van der Waals surface area contributed by atoms with Gasteiger partial charge in [0.05, 0.1) is 5.75 Å². The van der Waals surface area contributed by atoms with Gasteiger partial charge in [-0.3, -0.25) is 4.90 Å². The van der Waals surface area contributed by atoms with Gasteiger partial charge >= 0.3 is 0 Å². The van der Waals surface area contributed by atoms with Gasteiger partial charge in [0, 0.05) is 31.9 Å². The molecule has 8 heteroatoms. The van der Waals surface area contributed by atoms with E-state index in [0.29, 0.717) is 13.1 Å². The summed E-state index contributed by atoms with van der Waals surface area (Å²) in [6.07, 6.45) is 7.28. The Morgan fingerprint density at radius 1 is 1.09 bits per heavy atom. The van der Waals surface area contributed by atoms with Gasteiger partial charge < -0.3 is 0 Å². The first-order valence-electron chi connectivity index (χ1n) is 8.09. The van der Waals surface area contributed by atoms with Gasteiger partial charge in [0.1, 0.15) is 15.1 Å². The molecule has 3 aliphatic rings. The van der Waals surface area contributed by atoms with E-state index >= 15 is 0 Å². The lowest BCUT2D eigenvalue weighted by Crippen LogP contribution is -2.59. The topological polar surface area (TPSA) is 83.6 Å². The molecule has 0 radical (unpaired) electrons. The molecule has 22 heavy (non-hydrogen) atoms. The number of hydrogen-bond acceptors (Lipinski definition) is 5. The van der Waals surface area contributed by atoms with Crippen molar-refractivity contribution in [2.24, 2.45) is 5.41 Å². The highest BCUT2D eigenvalue weighted by molar-refractivity contribution is 7.90. The molecule has 0 amide bonds. The molecule has 1 saturated heterocycles. The molecule has 3 rings (SSSR count). The van der Waals surface area contributed by atoms with Gasteiger partial charge in [-0.1, -0.05) is 12.8 Å². The molecule has 1 N–H and O–H groups in total. The SMILES string of the molecule is CS(=O)(=O)CC1(CN2CC(S(=O)(=O)NC3CCCC3)C2)CC1. The normalized spacial score (nSPS) is 27.0. The van der Waals surface area contributed by atoms with Crippen LogP contribution in [0.25, 0.3) is 0 Å². The molecule has 1 aliphatic heterocycles. The van der Waals surface area contributed by atoms with Crippen molar-refractivity contribution in [1.82, 2.24) is 9.62 Å². The smallest absolute Gasteiger partial charge is 0.217 e. The number of likely N-dealkylation sites (tertiary alicyclic amines) is 1. The summed E-state index contributed by atoms with van der Waals surface area (Å²) in [6, 6.07) is 0.124. The minimum Gasteiger partial charge on any atom is -0.300 e. The second kappa shape index (κ2) is 5.72. The third-order valence-corrected chi connectivity index (χ3v) is 8.11. The predicted molar refractivity (Wildman–Crippen MR) is 85.9 cm³/mol. The molecule has 128 valence electrons. The molecule has 2 saturated carbocycles. The number of hydrogen-bond donors (Lipinski definition) is 1. The Labute approximate surface area is 133 Å². The van der Waals surface area contributed by atoms with Gasteiger partial charge in [0.15, 0.2) is 0 Å². The van der Waals surface area contributed by atoms with Crippen LogP contribution >= 0.6 is 0 Å². The predicted octanol–water partition coefficient (Wildman–Crippen LogP) is 0.357. The van der Waals surface area contributed by atoms with Gasteiger partial charge in [-0.05, 0) is 31.1 Å². The van der Waals surface area contributed by atoms with E-state index in [1.165, 1.54) is 6.26 Å². The molecule has 0 atom stereocenters. The molecule has 3 fully saturated rings. The van der Waals surface area contributed by atoms with Crippen molar-refractivity contribution in [3.8, 4) is 0 Å². The number of rotatable bonds is 7. The van der Waals surface area contributed by atoms with E-state index in [2.05, 4.69) is 9.62 Å². The molecule has 0 unspecified atom stereocenters. The summed E-state index contributed by atoms with van der Waals surface area (Å²) in [4.78, 5) is 2.09. The van der Waals surface area contributed by atoms with Crippen LogP contribution in [0.1, 0.15) is 38.5 Å². The second-order valence-electron chi connectivity index (χ2n) is 7.53. The maximum Gasteiger partial charge on any atom is 0.217 e. The Bertz CT molecular complexity index is 613. The van der Waals surface area contributed by atoms with Crippen molar-refractivity contribution in [3.63, 3.8) is 0 Å². The summed E-state index contributed by atoms with van der Waals surface area (Å²) < 4.78 is 50.4. The lowest BCUT2D eigenvalue weighted by atomic mass is 10.1. The van der Waals surface area contributed by atoms with Crippen LogP contribution in [0.4, 0.5) is 0 Å². The highest BCUT2D eigenvalue weighted by Gasteiger charge is 2.49. The first kappa shape index (κ1) is 16.7. The zero-order valence-corrected chi connectivity index (χ0v) is 14.8. The second-order valence-corrected chi connectivity index (χ2v) is 11.7. The Morgan fingerprint density at radius 2 is 1.68 bits per heavy atom. The Morgan fingerprint density at radius 3 is 2.18 bits per heavy atom. The molecule has 0 bridgehead atoms. The maximum absolute atomic E-state index is 12.3. The minimum absolute atomic E-state index is 0.110. The van der Waals surface area contributed by atoms with E-state index in [-0.39, 0.29) is 22.5 Å². The maximum atomic E-state index is 12.3. The number of sulfonamides is 1. The van der Waals surface area contributed by atoms with E-state index in [4.69, 9.17) is 0 Å². The Balaban J connectivity index is 1.47. The quantitative estimate of drug-likeness (QED) is 0.717.